The first-order chi connectivity index (χ1) is 11.4. The summed E-state index contributed by atoms with van der Waals surface area (Å²) in [4.78, 5) is 20.3. The predicted molar refractivity (Wildman–Crippen MR) is 92.7 cm³/mol. The van der Waals surface area contributed by atoms with E-state index in [4.69, 9.17) is 0 Å². The van der Waals surface area contributed by atoms with Gasteiger partial charge in [-0.2, -0.15) is 4.31 Å². The van der Waals surface area contributed by atoms with Crippen molar-refractivity contribution in [3.05, 3.63) is 18.3 Å². The van der Waals surface area contributed by atoms with Crippen LogP contribution in [0.3, 0.4) is 0 Å². The number of sulfonamides is 1. The van der Waals surface area contributed by atoms with Gasteiger partial charge < -0.3 is 15.1 Å². The van der Waals surface area contributed by atoms with E-state index in [-0.39, 0.29) is 6.03 Å². The average Bonchev–Trinajstić information content (AvgIpc) is 3.09. The lowest BCUT2D eigenvalue weighted by molar-refractivity contribution is 0.222. The van der Waals surface area contributed by atoms with Crippen LogP contribution in [0.25, 0.3) is 0 Å². The molecule has 1 N–H and O–H groups in total. The van der Waals surface area contributed by atoms with Crippen molar-refractivity contribution in [2.24, 2.45) is 0 Å². The number of urea groups is 1. The second-order valence-corrected chi connectivity index (χ2v) is 8.16. The van der Waals surface area contributed by atoms with Crippen molar-refractivity contribution >= 4 is 27.6 Å². The summed E-state index contributed by atoms with van der Waals surface area (Å²) < 4.78 is 24.5. The van der Waals surface area contributed by atoms with Crippen LogP contribution in [0.1, 0.15) is 12.8 Å². The van der Waals surface area contributed by atoms with Gasteiger partial charge in [0.25, 0.3) is 0 Å². The van der Waals surface area contributed by atoms with Crippen LogP contribution in [0.2, 0.25) is 0 Å². The number of amides is 2. The Morgan fingerprint density at radius 1 is 1.08 bits per heavy atom. The highest BCUT2D eigenvalue weighted by Crippen LogP contribution is 2.18. The molecule has 0 unspecified atom stereocenters. The fraction of sp³-hybridized carbons (Fsp3) is 0.600. The van der Waals surface area contributed by atoms with Gasteiger partial charge in [-0.1, -0.05) is 0 Å². The van der Waals surface area contributed by atoms with Gasteiger partial charge >= 0.3 is 6.03 Å². The van der Waals surface area contributed by atoms with E-state index in [1.54, 1.807) is 11.1 Å². The number of piperazine rings is 1. The first-order valence-corrected chi connectivity index (χ1v) is 10.0. The third kappa shape index (κ3) is 3.96. The van der Waals surface area contributed by atoms with Crippen molar-refractivity contribution in [1.29, 1.82) is 0 Å². The lowest BCUT2D eigenvalue weighted by atomic mass is 10.3. The summed E-state index contributed by atoms with van der Waals surface area (Å²) in [6, 6.07) is 3.61. The number of hydrogen-bond acceptors (Lipinski definition) is 5. The number of aromatic nitrogens is 1. The van der Waals surface area contributed by atoms with E-state index in [0.29, 0.717) is 31.9 Å². The zero-order valence-corrected chi connectivity index (χ0v) is 14.6. The summed E-state index contributed by atoms with van der Waals surface area (Å²) in [5, 5.41) is 2.86. The van der Waals surface area contributed by atoms with E-state index in [2.05, 4.69) is 10.3 Å². The third-order valence-corrected chi connectivity index (χ3v) is 5.73. The molecule has 0 atom stereocenters. The van der Waals surface area contributed by atoms with Crippen molar-refractivity contribution in [3.63, 3.8) is 0 Å². The summed E-state index contributed by atoms with van der Waals surface area (Å²) in [6.07, 6.45) is 5.00. The molecule has 1 aromatic rings. The van der Waals surface area contributed by atoms with Crippen molar-refractivity contribution < 1.29 is 13.2 Å². The molecular weight excluding hydrogens is 330 g/mol. The van der Waals surface area contributed by atoms with Gasteiger partial charge in [0.15, 0.2) is 0 Å². The minimum Gasteiger partial charge on any atom is -0.354 e. The van der Waals surface area contributed by atoms with Gasteiger partial charge in [-0.25, -0.2) is 18.2 Å². The molecule has 3 rings (SSSR count). The number of pyridine rings is 1. The molecule has 0 aliphatic carbocycles. The molecule has 2 saturated heterocycles. The lowest BCUT2D eigenvalue weighted by Gasteiger charge is -2.34. The highest BCUT2D eigenvalue weighted by molar-refractivity contribution is 7.88. The van der Waals surface area contributed by atoms with E-state index in [0.717, 1.165) is 31.7 Å². The third-order valence-electron chi connectivity index (χ3n) is 4.42. The fourth-order valence-electron chi connectivity index (χ4n) is 3.02. The molecule has 3 heterocycles. The molecule has 0 bridgehead atoms. The molecule has 0 aromatic carbocycles. The summed E-state index contributed by atoms with van der Waals surface area (Å²) in [7, 11) is -3.13. The van der Waals surface area contributed by atoms with Crippen molar-refractivity contribution in [2.45, 2.75) is 12.8 Å². The molecule has 0 spiro atoms. The normalized spacial score (nSPS) is 19.5. The van der Waals surface area contributed by atoms with Crippen molar-refractivity contribution in [3.8, 4) is 0 Å². The molecule has 8 nitrogen and oxygen atoms in total. The highest BCUT2D eigenvalue weighted by atomic mass is 32.2. The minimum atomic E-state index is -3.13. The molecule has 1 aromatic heterocycles. The van der Waals surface area contributed by atoms with Crippen LogP contribution in [0, 0.1) is 0 Å². The molecule has 0 radical (unpaired) electrons. The largest absolute Gasteiger partial charge is 0.354 e. The quantitative estimate of drug-likeness (QED) is 0.868. The summed E-state index contributed by atoms with van der Waals surface area (Å²) in [5.74, 6) is 0.794. The predicted octanol–water partition coefficient (Wildman–Crippen LogP) is 0.791. The molecule has 9 heteroatoms. The van der Waals surface area contributed by atoms with Crippen molar-refractivity contribution in [2.75, 3.05) is 55.7 Å². The zero-order chi connectivity index (χ0) is 17.2. The van der Waals surface area contributed by atoms with Crippen LogP contribution in [0.4, 0.5) is 16.3 Å². The standard InChI is InChI=1S/C15H23N5O3S/c1-24(22,23)20-10-8-18(9-11-20)14-5-4-13(12-16-14)17-15(21)19-6-2-3-7-19/h4-5,12H,2-3,6-11H2,1H3,(H,17,21). The monoisotopic (exact) mass is 353 g/mol. The van der Waals surface area contributed by atoms with Gasteiger partial charge in [-0.15, -0.1) is 0 Å². The van der Waals surface area contributed by atoms with Gasteiger partial charge in [0, 0.05) is 39.3 Å². The Morgan fingerprint density at radius 2 is 1.75 bits per heavy atom. The van der Waals surface area contributed by atoms with Crippen LogP contribution < -0.4 is 10.2 Å². The highest BCUT2D eigenvalue weighted by Gasteiger charge is 2.24. The van der Waals surface area contributed by atoms with Crippen LogP contribution >= 0.6 is 0 Å². The molecule has 2 amide bonds. The Hall–Kier alpha value is -1.87. The first kappa shape index (κ1) is 17.0. The van der Waals surface area contributed by atoms with E-state index < -0.39 is 10.0 Å². The Morgan fingerprint density at radius 3 is 2.29 bits per heavy atom. The average molecular weight is 353 g/mol. The van der Waals surface area contributed by atoms with Gasteiger partial charge in [-0.05, 0) is 25.0 Å². The number of hydrogen-bond donors (Lipinski definition) is 1. The van der Waals surface area contributed by atoms with Gasteiger partial charge in [0.1, 0.15) is 5.82 Å². The summed E-state index contributed by atoms with van der Waals surface area (Å²) >= 11 is 0. The number of likely N-dealkylation sites (tertiary alicyclic amines) is 1. The molecule has 0 saturated carbocycles. The van der Waals surface area contributed by atoms with E-state index in [9.17, 15) is 13.2 Å². The molecule has 2 aliphatic rings. The number of rotatable bonds is 3. The number of carbonyl (C=O) groups is 1. The maximum atomic E-state index is 12.0. The van der Waals surface area contributed by atoms with E-state index >= 15 is 0 Å². The Labute approximate surface area is 142 Å². The Balaban J connectivity index is 1.56. The van der Waals surface area contributed by atoms with Crippen LogP contribution in [-0.2, 0) is 10.0 Å². The number of nitrogens with zero attached hydrogens (tertiary/aromatic N) is 4. The van der Waals surface area contributed by atoms with Crippen LogP contribution in [0.15, 0.2) is 18.3 Å². The van der Waals surface area contributed by atoms with Crippen LogP contribution in [0.5, 0.6) is 0 Å². The summed E-state index contributed by atoms with van der Waals surface area (Å²) in [6.45, 7) is 3.77. The smallest absolute Gasteiger partial charge is 0.321 e. The van der Waals surface area contributed by atoms with E-state index in [1.807, 2.05) is 17.0 Å². The SMILES string of the molecule is CS(=O)(=O)N1CCN(c2ccc(NC(=O)N3CCCC3)cn2)CC1. The molecule has 132 valence electrons. The Kier molecular flexibility index (Phi) is 4.91. The number of anilines is 2. The molecular formula is C15H23N5O3S. The maximum absolute atomic E-state index is 12.0. The van der Waals surface area contributed by atoms with Crippen molar-refractivity contribution in [1.82, 2.24) is 14.2 Å². The second-order valence-electron chi connectivity index (χ2n) is 6.18. The maximum Gasteiger partial charge on any atom is 0.321 e. The van der Waals surface area contributed by atoms with E-state index in [1.165, 1.54) is 10.6 Å². The lowest BCUT2D eigenvalue weighted by Crippen LogP contribution is -2.48. The molecule has 24 heavy (non-hydrogen) atoms. The Bertz CT molecular complexity index is 678. The minimum absolute atomic E-state index is 0.0798. The second kappa shape index (κ2) is 6.94. The topological polar surface area (TPSA) is 85.8 Å². The first-order valence-electron chi connectivity index (χ1n) is 8.15. The van der Waals surface area contributed by atoms with Crippen LogP contribution in [-0.4, -0.2) is 74.2 Å². The fourth-order valence-corrected chi connectivity index (χ4v) is 3.85. The number of carbonyl (C=O) groups excluding carboxylic acids is 1. The van der Waals surface area contributed by atoms with Gasteiger partial charge in [0.05, 0.1) is 18.1 Å². The molecule has 2 fully saturated rings. The number of nitrogens with one attached hydrogen (secondary N) is 1. The zero-order valence-electron chi connectivity index (χ0n) is 13.8. The molecule has 2 aliphatic heterocycles. The van der Waals surface area contributed by atoms with Gasteiger partial charge in [0.2, 0.25) is 10.0 Å². The van der Waals surface area contributed by atoms with Gasteiger partial charge in [-0.3, -0.25) is 0 Å². The summed E-state index contributed by atoms with van der Waals surface area (Å²) in [5.41, 5.74) is 0.672.